The van der Waals surface area contributed by atoms with Gasteiger partial charge in [-0.05, 0) is 12.5 Å². The number of carbonyl (C=O) groups is 1. The van der Waals surface area contributed by atoms with Crippen molar-refractivity contribution < 1.29 is 9.32 Å². The molecule has 3 heterocycles. The Balaban J connectivity index is 1.31. The number of nitrogens with zero attached hydrogens (tertiary/aromatic N) is 6. The molecule has 1 aromatic carbocycles. The van der Waals surface area contributed by atoms with Crippen molar-refractivity contribution in [3.8, 4) is 0 Å². The van der Waals surface area contributed by atoms with E-state index >= 15 is 0 Å². The Bertz CT molecular complexity index is 896. The first-order valence-corrected chi connectivity index (χ1v) is 9.05. The number of aromatic nitrogens is 4. The van der Waals surface area contributed by atoms with Crippen LogP contribution in [0.25, 0.3) is 0 Å². The zero-order valence-electron chi connectivity index (χ0n) is 15.3. The predicted octanol–water partition coefficient (Wildman–Crippen LogP) is 1.58. The molecule has 1 saturated heterocycles. The van der Waals surface area contributed by atoms with Crippen LogP contribution in [0.5, 0.6) is 0 Å². The van der Waals surface area contributed by atoms with Gasteiger partial charge in [0.15, 0.2) is 11.5 Å². The van der Waals surface area contributed by atoms with Crippen LogP contribution in [-0.2, 0) is 13.1 Å². The van der Waals surface area contributed by atoms with E-state index in [-0.39, 0.29) is 5.91 Å². The Hall–Kier alpha value is -3.00. The lowest BCUT2D eigenvalue weighted by molar-refractivity contribution is 0.0611. The molecule has 3 aromatic rings. The van der Waals surface area contributed by atoms with Crippen LogP contribution in [0.2, 0.25) is 0 Å². The maximum absolute atomic E-state index is 12.7. The Morgan fingerprint density at radius 2 is 1.89 bits per heavy atom. The summed E-state index contributed by atoms with van der Waals surface area (Å²) in [6.07, 6.45) is 1.72. The maximum Gasteiger partial charge on any atom is 0.276 e. The Morgan fingerprint density at radius 1 is 1.11 bits per heavy atom. The molecule has 0 saturated carbocycles. The summed E-state index contributed by atoms with van der Waals surface area (Å²) in [4.78, 5) is 16.8. The van der Waals surface area contributed by atoms with Crippen molar-refractivity contribution in [2.24, 2.45) is 0 Å². The Morgan fingerprint density at radius 3 is 2.59 bits per heavy atom. The fourth-order valence-corrected chi connectivity index (χ4v) is 3.23. The van der Waals surface area contributed by atoms with Gasteiger partial charge in [-0.3, -0.25) is 9.69 Å². The van der Waals surface area contributed by atoms with Gasteiger partial charge < -0.3 is 9.42 Å². The van der Waals surface area contributed by atoms with Crippen LogP contribution >= 0.6 is 0 Å². The third-order valence-electron chi connectivity index (χ3n) is 4.66. The lowest BCUT2D eigenvalue weighted by Gasteiger charge is -2.33. The average molecular weight is 366 g/mol. The minimum absolute atomic E-state index is 0.0653. The molecule has 27 heavy (non-hydrogen) atoms. The van der Waals surface area contributed by atoms with Gasteiger partial charge in [0.05, 0.1) is 25.0 Å². The van der Waals surface area contributed by atoms with E-state index in [2.05, 4.69) is 20.4 Å². The SMILES string of the molecule is Cc1cc(CN2CCN(C(=O)c3cn(Cc4ccccc4)nn3)CC2)on1. The molecule has 0 aliphatic carbocycles. The molecule has 2 aromatic heterocycles. The molecule has 1 amide bonds. The van der Waals surface area contributed by atoms with E-state index in [1.54, 1.807) is 10.9 Å². The van der Waals surface area contributed by atoms with Gasteiger partial charge in [-0.1, -0.05) is 40.7 Å². The van der Waals surface area contributed by atoms with Gasteiger partial charge in [-0.25, -0.2) is 4.68 Å². The summed E-state index contributed by atoms with van der Waals surface area (Å²) in [6.45, 7) is 6.15. The summed E-state index contributed by atoms with van der Waals surface area (Å²) in [6, 6.07) is 11.9. The first kappa shape index (κ1) is 17.4. The minimum Gasteiger partial charge on any atom is -0.360 e. The quantitative estimate of drug-likeness (QED) is 0.682. The molecular formula is C19H22N6O2. The van der Waals surface area contributed by atoms with Crippen molar-refractivity contribution >= 4 is 5.91 Å². The lowest BCUT2D eigenvalue weighted by Crippen LogP contribution is -2.48. The van der Waals surface area contributed by atoms with Gasteiger partial charge in [0.1, 0.15) is 0 Å². The maximum atomic E-state index is 12.7. The van der Waals surface area contributed by atoms with Gasteiger partial charge in [0, 0.05) is 32.2 Å². The highest BCUT2D eigenvalue weighted by Gasteiger charge is 2.24. The van der Waals surface area contributed by atoms with E-state index in [0.717, 1.165) is 36.7 Å². The molecule has 8 nitrogen and oxygen atoms in total. The third-order valence-corrected chi connectivity index (χ3v) is 4.66. The Labute approximate surface area is 157 Å². The van der Waals surface area contributed by atoms with Crippen LogP contribution in [0.1, 0.15) is 27.5 Å². The van der Waals surface area contributed by atoms with Crippen LogP contribution in [0, 0.1) is 6.92 Å². The molecular weight excluding hydrogens is 344 g/mol. The highest BCUT2D eigenvalue weighted by atomic mass is 16.5. The molecule has 4 rings (SSSR count). The van der Waals surface area contributed by atoms with Gasteiger partial charge in [0.2, 0.25) is 0 Å². The number of amides is 1. The topological polar surface area (TPSA) is 80.3 Å². The van der Waals surface area contributed by atoms with E-state index in [1.807, 2.05) is 48.2 Å². The highest BCUT2D eigenvalue weighted by Crippen LogP contribution is 2.12. The van der Waals surface area contributed by atoms with Crippen molar-refractivity contribution in [1.29, 1.82) is 0 Å². The van der Waals surface area contributed by atoms with E-state index < -0.39 is 0 Å². The van der Waals surface area contributed by atoms with Crippen molar-refractivity contribution in [2.75, 3.05) is 26.2 Å². The molecule has 0 spiro atoms. The number of benzene rings is 1. The molecule has 0 radical (unpaired) electrons. The first-order chi connectivity index (χ1) is 13.2. The summed E-state index contributed by atoms with van der Waals surface area (Å²) < 4.78 is 6.97. The molecule has 0 unspecified atom stereocenters. The van der Waals surface area contributed by atoms with Crippen molar-refractivity contribution in [2.45, 2.75) is 20.0 Å². The zero-order valence-corrected chi connectivity index (χ0v) is 15.3. The van der Waals surface area contributed by atoms with Crippen LogP contribution < -0.4 is 0 Å². The van der Waals surface area contributed by atoms with Crippen LogP contribution in [0.15, 0.2) is 47.1 Å². The number of hydrogen-bond donors (Lipinski definition) is 0. The predicted molar refractivity (Wildman–Crippen MR) is 98.0 cm³/mol. The van der Waals surface area contributed by atoms with Crippen LogP contribution in [0.4, 0.5) is 0 Å². The second-order valence-corrected chi connectivity index (χ2v) is 6.79. The zero-order chi connectivity index (χ0) is 18.6. The fraction of sp³-hybridized carbons (Fsp3) is 0.368. The van der Waals surface area contributed by atoms with Gasteiger partial charge >= 0.3 is 0 Å². The summed E-state index contributed by atoms with van der Waals surface area (Å²) in [5, 5.41) is 12.1. The highest BCUT2D eigenvalue weighted by molar-refractivity contribution is 5.92. The van der Waals surface area contributed by atoms with Crippen molar-refractivity contribution in [3.63, 3.8) is 0 Å². The van der Waals surface area contributed by atoms with Crippen LogP contribution in [-0.4, -0.2) is 62.0 Å². The number of aryl methyl sites for hydroxylation is 1. The number of carbonyl (C=O) groups excluding carboxylic acids is 1. The molecule has 0 bridgehead atoms. The smallest absolute Gasteiger partial charge is 0.276 e. The summed E-state index contributed by atoms with van der Waals surface area (Å²) in [5.74, 6) is 0.792. The van der Waals surface area contributed by atoms with Gasteiger partial charge in [0.25, 0.3) is 5.91 Å². The molecule has 1 aliphatic rings. The van der Waals surface area contributed by atoms with E-state index in [0.29, 0.717) is 25.3 Å². The van der Waals surface area contributed by atoms with Gasteiger partial charge in [-0.15, -0.1) is 5.10 Å². The minimum atomic E-state index is -0.0653. The fourth-order valence-electron chi connectivity index (χ4n) is 3.23. The molecule has 140 valence electrons. The first-order valence-electron chi connectivity index (χ1n) is 9.05. The third kappa shape index (κ3) is 4.22. The number of hydrogen-bond acceptors (Lipinski definition) is 6. The number of rotatable bonds is 5. The molecule has 0 atom stereocenters. The largest absolute Gasteiger partial charge is 0.360 e. The second kappa shape index (κ2) is 7.71. The lowest BCUT2D eigenvalue weighted by atomic mass is 10.2. The monoisotopic (exact) mass is 366 g/mol. The van der Waals surface area contributed by atoms with E-state index in [1.165, 1.54) is 0 Å². The van der Waals surface area contributed by atoms with E-state index in [4.69, 9.17) is 4.52 Å². The van der Waals surface area contributed by atoms with Crippen molar-refractivity contribution in [1.82, 2.24) is 30.0 Å². The molecule has 1 aliphatic heterocycles. The standard InChI is InChI=1S/C19H22N6O2/c1-15-11-17(27-21-15)13-23-7-9-24(10-8-23)19(26)18-14-25(22-20-18)12-16-5-3-2-4-6-16/h2-6,11,14H,7-10,12-13H2,1H3. The molecule has 0 N–H and O–H groups in total. The molecule has 1 fully saturated rings. The van der Waals surface area contributed by atoms with Crippen LogP contribution in [0.3, 0.4) is 0 Å². The molecule has 8 heteroatoms. The second-order valence-electron chi connectivity index (χ2n) is 6.79. The Kier molecular flexibility index (Phi) is 4.97. The average Bonchev–Trinajstić information content (AvgIpc) is 3.32. The summed E-state index contributed by atoms with van der Waals surface area (Å²) in [5.41, 5.74) is 2.40. The normalized spacial score (nSPS) is 15.2. The van der Waals surface area contributed by atoms with E-state index in [9.17, 15) is 4.79 Å². The number of piperazine rings is 1. The van der Waals surface area contributed by atoms with Gasteiger partial charge in [-0.2, -0.15) is 0 Å². The summed E-state index contributed by atoms with van der Waals surface area (Å²) in [7, 11) is 0. The van der Waals surface area contributed by atoms with Crippen molar-refractivity contribution in [3.05, 3.63) is 65.3 Å². The summed E-state index contributed by atoms with van der Waals surface area (Å²) >= 11 is 0.